The largest absolute Gasteiger partial charge is 0.347 e. The summed E-state index contributed by atoms with van der Waals surface area (Å²) < 4.78 is 0. The third-order valence-electron chi connectivity index (χ3n) is 2.04. The van der Waals surface area contributed by atoms with Gasteiger partial charge in [0.1, 0.15) is 6.33 Å². The van der Waals surface area contributed by atoms with Crippen molar-refractivity contribution >= 4 is 5.91 Å². The minimum atomic E-state index is -0.194. The van der Waals surface area contributed by atoms with E-state index in [1.807, 2.05) is 6.92 Å². The van der Waals surface area contributed by atoms with E-state index in [2.05, 4.69) is 15.3 Å². The molecule has 0 saturated carbocycles. The van der Waals surface area contributed by atoms with Gasteiger partial charge in [0.05, 0.1) is 6.04 Å². The summed E-state index contributed by atoms with van der Waals surface area (Å²) in [5.41, 5.74) is 0.968. The molecule has 1 heterocycles. The molecule has 0 fully saturated rings. The second-order valence-corrected chi connectivity index (χ2v) is 3.58. The van der Waals surface area contributed by atoms with Crippen molar-refractivity contribution in [2.45, 2.75) is 19.5 Å². The van der Waals surface area contributed by atoms with Crippen LogP contribution in [0.4, 0.5) is 0 Å². The van der Waals surface area contributed by atoms with Crippen LogP contribution in [0, 0.1) is 0 Å². The second-order valence-electron chi connectivity index (χ2n) is 3.58. The van der Waals surface area contributed by atoms with E-state index in [1.165, 1.54) is 6.33 Å². The van der Waals surface area contributed by atoms with Gasteiger partial charge in [-0.1, -0.05) is 0 Å². The molecule has 1 amide bonds. The maximum absolute atomic E-state index is 11.5. The number of hydrogen-bond donors (Lipinski definition) is 1. The fraction of sp³-hybridized carbons (Fsp3) is 0.500. The molecule has 5 nitrogen and oxygen atoms in total. The number of hydrogen-bond acceptors (Lipinski definition) is 4. The standard InChI is InChI=1S/C10H16N4O/c1-8(10(15)14(2)3)13-6-9-4-11-7-12-5-9/h4-5,7-8,13H,6H2,1-3H3. The summed E-state index contributed by atoms with van der Waals surface area (Å²) in [4.78, 5) is 20.9. The molecule has 1 atom stereocenters. The molecule has 1 N–H and O–H groups in total. The summed E-state index contributed by atoms with van der Waals surface area (Å²) in [7, 11) is 3.48. The highest BCUT2D eigenvalue weighted by molar-refractivity contribution is 5.80. The van der Waals surface area contributed by atoms with Crippen molar-refractivity contribution in [3.63, 3.8) is 0 Å². The van der Waals surface area contributed by atoms with E-state index in [-0.39, 0.29) is 11.9 Å². The highest BCUT2D eigenvalue weighted by Crippen LogP contribution is 1.95. The number of likely N-dealkylation sites (N-methyl/N-ethyl adjacent to an activating group) is 1. The predicted octanol–water partition coefficient (Wildman–Crippen LogP) is 0.0429. The van der Waals surface area contributed by atoms with E-state index in [1.54, 1.807) is 31.4 Å². The van der Waals surface area contributed by atoms with Crippen LogP contribution in [0.5, 0.6) is 0 Å². The highest BCUT2D eigenvalue weighted by atomic mass is 16.2. The number of carbonyl (C=O) groups excluding carboxylic acids is 1. The van der Waals surface area contributed by atoms with Crippen molar-refractivity contribution in [2.75, 3.05) is 14.1 Å². The molecule has 1 unspecified atom stereocenters. The minimum Gasteiger partial charge on any atom is -0.347 e. The van der Waals surface area contributed by atoms with Crippen LogP contribution in [-0.4, -0.2) is 40.9 Å². The lowest BCUT2D eigenvalue weighted by molar-refractivity contribution is -0.130. The lowest BCUT2D eigenvalue weighted by atomic mass is 10.2. The Kier molecular flexibility index (Phi) is 4.17. The number of aromatic nitrogens is 2. The van der Waals surface area contributed by atoms with Crippen LogP contribution in [0.1, 0.15) is 12.5 Å². The first-order chi connectivity index (χ1) is 7.11. The molecule has 0 aromatic carbocycles. The quantitative estimate of drug-likeness (QED) is 0.759. The van der Waals surface area contributed by atoms with Crippen LogP contribution in [0.15, 0.2) is 18.7 Å². The van der Waals surface area contributed by atoms with Crippen LogP contribution in [0.2, 0.25) is 0 Å². The Balaban J connectivity index is 2.41. The predicted molar refractivity (Wildman–Crippen MR) is 57.0 cm³/mol. The fourth-order valence-electron chi connectivity index (χ4n) is 1.17. The zero-order chi connectivity index (χ0) is 11.3. The Morgan fingerprint density at radius 2 is 2.07 bits per heavy atom. The first kappa shape index (κ1) is 11.6. The van der Waals surface area contributed by atoms with E-state index in [0.29, 0.717) is 6.54 Å². The Hall–Kier alpha value is -1.49. The van der Waals surface area contributed by atoms with Crippen LogP contribution < -0.4 is 5.32 Å². The van der Waals surface area contributed by atoms with Crippen molar-refractivity contribution in [1.82, 2.24) is 20.2 Å². The Bertz CT molecular complexity index is 312. The molecular weight excluding hydrogens is 192 g/mol. The first-order valence-electron chi connectivity index (χ1n) is 4.79. The van der Waals surface area contributed by atoms with Gasteiger partial charge >= 0.3 is 0 Å². The van der Waals surface area contributed by atoms with E-state index >= 15 is 0 Å². The molecule has 0 spiro atoms. The van der Waals surface area contributed by atoms with E-state index in [4.69, 9.17) is 0 Å². The zero-order valence-electron chi connectivity index (χ0n) is 9.27. The lowest BCUT2D eigenvalue weighted by Crippen LogP contribution is -2.41. The van der Waals surface area contributed by atoms with Crippen molar-refractivity contribution in [3.05, 3.63) is 24.3 Å². The lowest BCUT2D eigenvalue weighted by Gasteiger charge is -2.17. The molecule has 0 aliphatic carbocycles. The van der Waals surface area contributed by atoms with Gasteiger partial charge in [-0.05, 0) is 6.92 Å². The molecule has 0 saturated heterocycles. The Labute approximate surface area is 89.5 Å². The summed E-state index contributed by atoms with van der Waals surface area (Å²) in [5.74, 6) is 0.0619. The van der Waals surface area contributed by atoms with Gasteiger partial charge in [-0.25, -0.2) is 9.97 Å². The molecule has 1 aromatic heterocycles. The van der Waals surface area contributed by atoms with Crippen molar-refractivity contribution in [1.29, 1.82) is 0 Å². The molecule has 1 aromatic rings. The SMILES string of the molecule is CC(NCc1cncnc1)C(=O)N(C)C. The van der Waals surface area contributed by atoms with Crippen molar-refractivity contribution in [2.24, 2.45) is 0 Å². The summed E-state index contributed by atoms with van der Waals surface area (Å²) in [6.45, 7) is 2.44. The third kappa shape index (κ3) is 3.63. The normalized spacial score (nSPS) is 12.2. The monoisotopic (exact) mass is 208 g/mol. The van der Waals surface area contributed by atoms with Gasteiger partial charge in [0, 0.05) is 38.6 Å². The van der Waals surface area contributed by atoms with Gasteiger partial charge in [0.25, 0.3) is 0 Å². The van der Waals surface area contributed by atoms with Crippen LogP contribution in [0.3, 0.4) is 0 Å². The topological polar surface area (TPSA) is 58.1 Å². The minimum absolute atomic E-state index is 0.0619. The summed E-state index contributed by atoms with van der Waals surface area (Å²) in [6, 6.07) is -0.194. The zero-order valence-corrected chi connectivity index (χ0v) is 9.27. The van der Waals surface area contributed by atoms with Gasteiger partial charge in [-0.3, -0.25) is 4.79 Å². The molecule has 5 heteroatoms. The van der Waals surface area contributed by atoms with Crippen LogP contribution in [-0.2, 0) is 11.3 Å². The maximum Gasteiger partial charge on any atom is 0.238 e. The molecule has 1 rings (SSSR count). The number of rotatable bonds is 4. The number of carbonyl (C=O) groups is 1. The second kappa shape index (κ2) is 5.41. The molecule has 0 aliphatic heterocycles. The van der Waals surface area contributed by atoms with Crippen molar-refractivity contribution < 1.29 is 4.79 Å². The van der Waals surface area contributed by atoms with Crippen LogP contribution in [0.25, 0.3) is 0 Å². The molecule has 15 heavy (non-hydrogen) atoms. The smallest absolute Gasteiger partial charge is 0.238 e. The molecule has 82 valence electrons. The van der Waals surface area contributed by atoms with Gasteiger partial charge in [0.15, 0.2) is 0 Å². The van der Waals surface area contributed by atoms with E-state index < -0.39 is 0 Å². The summed E-state index contributed by atoms with van der Waals surface area (Å²) >= 11 is 0. The average molecular weight is 208 g/mol. The van der Waals surface area contributed by atoms with Gasteiger partial charge < -0.3 is 10.2 Å². The Morgan fingerprint density at radius 3 is 2.60 bits per heavy atom. The molecular formula is C10H16N4O. The van der Waals surface area contributed by atoms with Gasteiger partial charge in [-0.2, -0.15) is 0 Å². The van der Waals surface area contributed by atoms with Crippen LogP contribution >= 0.6 is 0 Å². The fourth-order valence-corrected chi connectivity index (χ4v) is 1.17. The third-order valence-corrected chi connectivity index (χ3v) is 2.04. The first-order valence-corrected chi connectivity index (χ1v) is 4.79. The van der Waals surface area contributed by atoms with Gasteiger partial charge in [0.2, 0.25) is 5.91 Å². The van der Waals surface area contributed by atoms with E-state index in [0.717, 1.165) is 5.56 Å². The van der Waals surface area contributed by atoms with Gasteiger partial charge in [-0.15, -0.1) is 0 Å². The maximum atomic E-state index is 11.5. The number of nitrogens with one attached hydrogen (secondary N) is 1. The summed E-state index contributed by atoms with van der Waals surface area (Å²) in [5, 5.41) is 3.11. The number of amides is 1. The van der Waals surface area contributed by atoms with E-state index in [9.17, 15) is 4.79 Å². The highest BCUT2D eigenvalue weighted by Gasteiger charge is 2.13. The molecule has 0 bridgehead atoms. The van der Waals surface area contributed by atoms with Crippen molar-refractivity contribution in [3.8, 4) is 0 Å². The number of nitrogens with zero attached hydrogens (tertiary/aromatic N) is 3. The Morgan fingerprint density at radius 1 is 1.47 bits per heavy atom. The summed E-state index contributed by atoms with van der Waals surface area (Å²) in [6.07, 6.45) is 4.94. The average Bonchev–Trinajstić information content (AvgIpc) is 2.26. The molecule has 0 aliphatic rings. The molecule has 0 radical (unpaired) electrons.